The van der Waals surface area contributed by atoms with Gasteiger partial charge in [-0.05, 0) is 49.6 Å². The van der Waals surface area contributed by atoms with Gasteiger partial charge in [0.15, 0.2) is 0 Å². The Hall–Kier alpha value is -0.770. The molecule has 3 rings (SSSR count). The van der Waals surface area contributed by atoms with E-state index in [1.165, 1.54) is 5.56 Å². The smallest absolute Gasteiger partial charge is 0.126 e. The Kier molecular flexibility index (Phi) is 3.93. The summed E-state index contributed by atoms with van der Waals surface area (Å²) in [4.78, 5) is 0. The third kappa shape index (κ3) is 2.80. The number of fused-ring (bicyclic) bond motifs is 1. The first-order valence-corrected chi connectivity index (χ1v) is 7.81. The van der Waals surface area contributed by atoms with Gasteiger partial charge in [0.05, 0.1) is 12.2 Å². The summed E-state index contributed by atoms with van der Waals surface area (Å²) in [5.74, 6) is 1.23. The van der Waals surface area contributed by atoms with Gasteiger partial charge in [-0.15, -0.1) is 0 Å². The summed E-state index contributed by atoms with van der Waals surface area (Å²) in [7, 11) is 0. The van der Waals surface area contributed by atoms with Crippen molar-refractivity contribution in [3.63, 3.8) is 0 Å². The third-order valence-electron chi connectivity index (χ3n) is 4.55. The van der Waals surface area contributed by atoms with Crippen molar-refractivity contribution in [1.82, 2.24) is 5.32 Å². The standard InChI is InChI=1S/C16H22ClNO2/c1-16(19,13-3-2-5-18-10-13)9-12-8-14(17)7-11-4-6-20-15(11)12/h7-8,13,18-19H,2-6,9-10H2,1H3. The third-order valence-corrected chi connectivity index (χ3v) is 4.77. The summed E-state index contributed by atoms with van der Waals surface area (Å²) >= 11 is 6.19. The van der Waals surface area contributed by atoms with Gasteiger partial charge in [-0.1, -0.05) is 11.6 Å². The van der Waals surface area contributed by atoms with E-state index in [0.29, 0.717) is 6.42 Å². The molecular weight excluding hydrogens is 274 g/mol. The Morgan fingerprint density at radius 1 is 1.50 bits per heavy atom. The zero-order valence-corrected chi connectivity index (χ0v) is 12.7. The first kappa shape index (κ1) is 14.2. The Morgan fingerprint density at radius 2 is 2.35 bits per heavy atom. The molecule has 1 fully saturated rings. The Bertz CT molecular complexity index is 495. The summed E-state index contributed by atoms with van der Waals surface area (Å²) in [5.41, 5.74) is 1.49. The van der Waals surface area contributed by atoms with E-state index in [0.717, 1.165) is 55.3 Å². The zero-order valence-electron chi connectivity index (χ0n) is 11.9. The van der Waals surface area contributed by atoms with Crippen molar-refractivity contribution < 1.29 is 9.84 Å². The molecule has 0 bridgehead atoms. The van der Waals surface area contributed by atoms with E-state index in [9.17, 15) is 5.11 Å². The van der Waals surface area contributed by atoms with Crippen molar-refractivity contribution in [2.24, 2.45) is 5.92 Å². The van der Waals surface area contributed by atoms with E-state index in [1.807, 2.05) is 19.1 Å². The largest absolute Gasteiger partial charge is 0.493 e. The molecule has 1 aromatic rings. The summed E-state index contributed by atoms with van der Waals surface area (Å²) in [6.07, 6.45) is 3.72. The second kappa shape index (κ2) is 5.55. The van der Waals surface area contributed by atoms with Crippen LogP contribution >= 0.6 is 11.6 Å². The molecule has 1 saturated heterocycles. The van der Waals surface area contributed by atoms with Crippen molar-refractivity contribution in [2.75, 3.05) is 19.7 Å². The topological polar surface area (TPSA) is 41.5 Å². The maximum atomic E-state index is 10.9. The highest BCUT2D eigenvalue weighted by atomic mass is 35.5. The quantitative estimate of drug-likeness (QED) is 0.900. The minimum absolute atomic E-state index is 0.285. The molecule has 2 N–H and O–H groups in total. The Morgan fingerprint density at radius 3 is 3.10 bits per heavy atom. The molecule has 2 aliphatic rings. The van der Waals surface area contributed by atoms with Crippen LogP contribution in [0.25, 0.3) is 0 Å². The molecule has 0 radical (unpaired) electrons. The van der Waals surface area contributed by atoms with Crippen LogP contribution in [0.4, 0.5) is 0 Å². The van der Waals surface area contributed by atoms with Crippen molar-refractivity contribution in [2.45, 2.75) is 38.2 Å². The molecular formula is C16H22ClNO2. The molecule has 0 spiro atoms. The van der Waals surface area contributed by atoms with Crippen molar-refractivity contribution in [3.8, 4) is 5.75 Å². The van der Waals surface area contributed by atoms with Gasteiger partial charge in [0.1, 0.15) is 5.75 Å². The molecule has 0 aliphatic carbocycles. The molecule has 4 heteroatoms. The highest BCUT2D eigenvalue weighted by molar-refractivity contribution is 6.30. The second-order valence-corrected chi connectivity index (χ2v) is 6.67. The Balaban J connectivity index is 1.83. The molecule has 0 amide bonds. The second-order valence-electron chi connectivity index (χ2n) is 6.23. The predicted octanol–water partition coefficient (Wildman–Crippen LogP) is 2.57. The lowest BCUT2D eigenvalue weighted by molar-refractivity contribution is -0.0106. The SMILES string of the molecule is CC(O)(Cc1cc(Cl)cc2c1OCC2)C1CCCNC1. The highest BCUT2D eigenvalue weighted by Gasteiger charge is 2.34. The molecule has 20 heavy (non-hydrogen) atoms. The number of aliphatic hydroxyl groups is 1. The molecule has 2 unspecified atom stereocenters. The fraction of sp³-hybridized carbons (Fsp3) is 0.625. The predicted molar refractivity (Wildman–Crippen MR) is 80.6 cm³/mol. The fourth-order valence-electron chi connectivity index (χ4n) is 3.39. The van der Waals surface area contributed by atoms with E-state index in [-0.39, 0.29) is 5.92 Å². The molecule has 1 aromatic carbocycles. The van der Waals surface area contributed by atoms with E-state index in [2.05, 4.69) is 5.32 Å². The molecule has 2 heterocycles. The maximum Gasteiger partial charge on any atom is 0.126 e. The molecule has 3 nitrogen and oxygen atoms in total. The van der Waals surface area contributed by atoms with E-state index in [4.69, 9.17) is 16.3 Å². The van der Waals surface area contributed by atoms with Crippen LogP contribution in [-0.4, -0.2) is 30.4 Å². The van der Waals surface area contributed by atoms with Gasteiger partial charge >= 0.3 is 0 Å². The normalized spacial score (nSPS) is 24.9. The summed E-state index contributed by atoms with van der Waals surface area (Å²) in [6.45, 7) is 4.60. The van der Waals surface area contributed by atoms with Gasteiger partial charge < -0.3 is 15.2 Å². The molecule has 2 atom stereocenters. The maximum absolute atomic E-state index is 10.9. The number of hydrogen-bond donors (Lipinski definition) is 2. The first-order chi connectivity index (χ1) is 9.56. The Labute approximate surface area is 125 Å². The van der Waals surface area contributed by atoms with Gasteiger partial charge in [0, 0.05) is 30.3 Å². The first-order valence-electron chi connectivity index (χ1n) is 7.43. The van der Waals surface area contributed by atoms with Crippen molar-refractivity contribution in [3.05, 3.63) is 28.3 Å². The van der Waals surface area contributed by atoms with Crippen LogP contribution in [0.3, 0.4) is 0 Å². The van der Waals surface area contributed by atoms with Crippen LogP contribution < -0.4 is 10.1 Å². The summed E-state index contributed by atoms with van der Waals surface area (Å²) < 4.78 is 5.73. The average Bonchev–Trinajstić information content (AvgIpc) is 2.87. The van der Waals surface area contributed by atoms with Gasteiger partial charge in [0.25, 0.3) is 0 Å². The van der Waals surface area contributed by atoms with E-state index >= 15 is 0 Å². The minimum atomic E-state index is -0.724. The number of piperidine rings is 1. The number of benzene rings is 1. The molecule has 0 saturated carbocycles. The van der Waals surface area contributed by atoms with Gasteiger partial charge in [0.2, 0.25) is 0 Å². The number of nitrogens with one attached hydrogen (secondary N) is 1. The lowest BCUT2D eigenvalue weighted by atomic mass is 9.79. The summed E-state index contributed by atoms with van der Waals surface area (Å²) in [5, 5.41) is 15.0. The van der Waals surface area contributed by atoms with Crippen LogP contribution in [0.1, 0.15) is 30.9 Å². The van der Waals surface area contributed by atoms with Gasteiger partial charge in [-0.25, -0.2) is 0 Å². The van der Waals surface area contributed by atoms with Crippen molar-refractivity contribution in [1.29, 1.82) is 0 Å². The van der Waals surface area contributed by atoms with E-state index < -0.39 is 5.60 Å². The minimum Gasteiger partial charge on any atom is -0.493 e. The lowest BCUT2D eigenvalue weighted by Gasteiger charge is -2.36. The molecule has 2 aliphatic heterocycles. The van der Waals surface area contributed by atoms with Crippen LogP contribution in [0.5, 0.6) is 5.75 Å². The number of rotatable bonds is 3. The molecule has 110 valence electrons. The highest BCUT2D eigenvalue weighted by Crippen LogP contribution is 2.37. The summed E-state index contributed by atoms with van der Waals surface area (Å²) in [6, 6.07) is 3.92. The monoisotopic (exact) mass is 295 g/mol. The zero-order chi connectivity index (χ0) is 14.2. The van der Waals surface area contributed by atoms with Gasteiger partial charge in [-0.2, -0.15) is 0 Å². The van der Waals surface area contributed by atoms with Crippen LogP contribution in [0.2, 0.25) is 5.02 Å². The lowest BCUT2D eigenvalue weighted by Crippen LogP contribution is -2.45. The number of halogens is 1. The average molecular weight is 296 g/mol. The van der Waals surface area contributed by atoms with Crippen molar-refractivity contribution >= 4 is 11.6 Å². The van der Waals surface area contributed by atoms with Crippen LogP contribution in [-0.2, 0) is 12.8 Å². The number of hydrogen-bond acceptors (Lipinski definition) is 3. The van der Waals surface area contributed by atoms with Gasteiger partial charge in [-0.3, -0.25) is 0 Å². The number of ether oxygens (including phenoxy) is 1. The van der Waals surface area contributed by atoms with E-state index in [1.54, 1.807) is 0 Å². The molecule has 0 aromatic heterocycles. The van der Waals surface area contributed by atoms with Crippen LogP contribution in [0.15, 0.2) is 12.1 Å². The fourth-order valence-corrected chi connectivity index (χ4v) is 3.65. The van der Waals surface area contributed by atoms with Crippen LogP contribution in [0, 0.1) is 5.92 Å².